The van der Waals surface area contributed by atoms with Gasteiger partial charge in [-0.15, -0.1) is 0 Å². The first-order valence-corrected chi connectivity index (χ1v) is 6.95. The highest BCUT2D eigenvalue weighted by atomic mass is 35.5. The second-order valence-electron chi connectivity index (χ2n) is 5.12. The number of carbonyl (C=O) groups is 1. The Morgan fingerprint density at radius 1 is 1.41 bits per heavy atom. The number of aryl methyl sites for hydroxylation is 1. The van der Waals surface area contributed by atoms with Gasteiger partial charge in [0.15, 0.2) is 0 Å². The largest absolute Gasteiger partial charge is 0.463 e. The Balaban J connectivity index is 1.96. The van der Waals surface area contributed by atoms with Crippen LogP contribution in [0.2, 0.25) is 5.02 Å². The number of furan rings is 1. The molecule has 0 fully saturated rings. The summed E-state index contributed by atoms with van der Waals surface area (Å²) in [6.07, 6.45) is 0. The Kier molecular flexibility index (Phi) is 4.73. The quantitative estimate of drug-likeness (QED) is 0.806. The molecule has 0 aliphatic rings. The van der Waals surface area contributed by atoms with Gasteiger partial charge in [-0.25, -0.2) is 9.18 Å². The summed E-state index contributed by atoms with van der Waals surface area (Å²) in [5, 5.41) is 15.4. The Bertz CT molecular complexity index is 685. The second kappa shape index (κ2) is 6.37. The lowest BCUT2D eigenvalue weighted by Crippen LogP contribution is -2.40. The summed E-state index contributed by atoms with van der Waals surface area (Å²) < 4.78 is 18.5. The van der Waals surface area contributed by atoms with Crippen molar-refractivity contribution in [2.45, 2.75) is 19.4 Å². The summed E-state index contributed by atoms with van der Waals surface area (Å²) >= 11 is 5.86. The molecule has 22 heavy (non-hydrogen) atoms. The van der Waals surface area contributed by atoms with Crippen molar-refractivity contribution in [1.82, 2.24) is 5.32 Å². The molecular formula is C15H16ClFN2O3. The Labute approximate surface area is 132 Å². The number of nitrogens with one attached hydrogen (secondary N) is 2. The number of aliphatic hydroxyl groups is 1. The summed E-state index contributed by atoms with van der Waals surface area (Å²) in [6.45, 7) is 3.19. The number of halogens is 2. The number of benzene rings is 1. The number of anilines is 1. The van der Waals surface area contributed by atoms with E-state index in [1.807, 2.05) is 0 Å². The minimum Gasteiger partial charge on any atom is -0.463 e. The Hall–Kier alpha value is -2.05. The van der Waals surface area contributed by atoms with E-state index in [4.69, 9.17) is 16.0 Å². The van der Waals surface area contributed by atoms with Crippen molar-refractivity contribution < 1.29 is 18.7 Å². The maximum atomic E-state index is 13.1. The molecule has 1 aromatic heterocycles. The van der Waals surface area contributed by atoms with E-state index in [0.29, 0.717) is 11.5 Å². The van der Waals surface area contributed by atoms with E-state index in [9.17, 15) is 14.3 Å². The molecule has 5 nitrogen and oxygen atoms in total. The van der Waals surface area contributed by atoms with Crippen molar-refractivity contribution in [1.29, 1.82) is 0 Å². The minimum absolute atomic E-state index is 0.0846. The van der Waals surface area contributed by atoms with E-state index >= 15 is 0 Å². The number of rotatable bonds is 4. The summed E-state index contributed by atoms with van der Waals surface area (Å²) in [6, 6.07) is 6.38. The molecule has 0 saturated carbocycles. The SMILES string of the molecule is Cc1ccc(C(C)(O)CNC(=O)Nc2cc(F)ccc2Cl)o1. The van der Waals surface area contributed by atoms with Gasteiger partial charge in [-0.05, 0) is 44.2 Å². The molecule has 2 rings (SSSR count). The lowest BCUT2D eigenvalue weighted by atomic mass is 10.0. The van der Waals surface area contributed by atoms with Crippen LogP contribution in [0.25, 0.3) is 0 Å². The third-order valence-corrected chi connectivity index (χ3v) is 3.37. The van der Waals surface area contributed by atoms with E-state index in [1.165, 1.54) is 19.1 Å². The molecule has 1 aromatic carbocycles. The smallest absolute Gasteiger partial charge is 0.319 e. The summed E-state index contributed by atoms with van der Waals surface area (Å²) in [5.74, 6) is 0.484. The maximum Gasteiger partial charge on any atom is 0.319 e. The van der Waals surface area contributed by atoms with Crippen LogP contribution in [0.3, 0.4) is 0 Å². The van der Waals surface area contributed by atoms with Gasteiger partial charge in [0.2, 0.25) is 0 Å². The fourth-order valence-electron chi connectivity index (χ4n) is 1.82. The van der Waals surface area contributed by atoms with Gasteiger partial charge in [-0.3, -0.25) is 0 Å². The van der Waals surface area contributed by atoms with Crippen molar-refractivity contribution in [2.24, 2.45) is 0 Å². The fraction of sp³-hybridized carbons (Fsp3) is 0.267. The molecule has 3 N–H and O–H groups in total. The van der Waals surface area contributed by atoms with Crippen LogP contribution in [-0.4, -0.2) is 17.7 Å². The fourth-order valence-corrected chi connectivity index (χ4v) is 1.99. The van der Waals surface area contributed by atoms with Crippen LogP contribution < -0.4 is 10.6 Å². The number of carbonyl (C=O) groups excluding carboxylic acids is 1. The molecule has 0 bridgehead atoms. The number of hydrogen-bond acceptors (Lipinski definition) is 3. The van der Waals surface area contributed by atoms with E-state index in [-0.39, 0.29) is 17.3 Å². The van der Waals surface area contributed by atoms with Gasteiger partial charge < -0.3 is 20.2 Å². The molecule has 0 radical (unpaired) electrons. The van der Waals surface area contributed by atoms with Crippen molar-refractivity contribution in [3.63, 3.8) is 0 Å². The monoisotopic (exact) mass is 326 g/mol. The van der Waals surface area contributed by atoms with Gasteiger partial charge >= 0.3 is 6.03 Å². The van der Waals surface area contributed by atoms with Gasteiger partial charge in [0.25, 0.3) is 0 Å². The average Bonchev–Trinajstić information content (AvgIpc) is 2.88. The molecule has 2 amide bonds. The zero-order chi connectivity index (χ0) is 16.3. The van der Waals surface area contributed by atoms with Crippen LogP contribution >= 0.6 is 11.6 Å². The highest BCUT2D eigenvalue weighted by Crippen LogP contribution is 2.23. The lowest BCUT2D eigenvalue weighted by molar-refractivity contribution is 0.0364. The number of amides is 2. The van der Waals surface area contributed by atoms with E-state index in [2.05, 4.69) is 10.6 Å². The molecule has 1 unspecified atom stereocenters. The molecule has 1 heterocycles. The topological polar surface area (TPSA) is 74.5 Å². The van der Waals surface area contributed by atoms with E-state index in [1.54, 1.807) is 19.1 Å². The van der Waals surface area contributed by atoms with Crippen molar-refractivity contribution in [2.75, 3.05) is 11.9 Å². The predicted octanol–water partition coefficient (Wildman–Crippen LogP) is 3.41. The molecule has 0 spiro atoms. The van der Waals surface area contributed by atoms with Crippen LogP contribution in [0, 0.1) is 12.7 Å². The van der Waals surface area contributed by atoms with Gasteiger partial charge in [0.1, 0.15) is 22.9 Å². The van der Waals surface area contributed by atoms with Crippen LogP contribution in [-0.2, 0) is 5.60 Å². The average molecular weight is 327 g/mol. The first-order valence-electron chi connectivity index (χ1n) is 6.57. The summed E-state index contributed by atoms with van der Waals surface area (Å²) in [4.78, 5) is 11.8. The third kappa shape index (κ3) is 3.99. The van der Waals surface area contributed by atoms with Crippen LogP contribution in [0.15, 0.2) is 34.7 Å². The van der Waals surface area contributed by atoms with Crippen LogP contribution in [0.1, 0.15) is 18.4 Å². The third-order valence-electron chi connectivity index (χ3n) is 3.04. The Morgan fingerprint density at radius 3 is 2.77 bits per heavy atom. The van der Waals surface area contributed by atoms with Crippen LogP contribution in [0.4, 0.5) is 14.9 Å². The number of hydrogen-bond donors (Lipinski definition) is 3. The zero-order valence-corrected chi connectivity index (χ0v) is 12.9. The molecule has 1 atom stereocenters. The molecule has 2 aromatic rings. The second-order valence-corrected chi connectivity index (χ2v) is 5.52. The summed E-state index contributed by atoms with van der Waals surface area (Å²) in [5.41, 5.74) is -1.22. The standard InChI is InChI=1S/C15H16ClFN2O3/c1-9-3-6-13(22-9)15(2,21)8-18-14(20)19-12-7-10(17)4-5-11(12)16/h3-7,21H,8H2,1-2H3,(H2,18,19,20). The Morgan fingerprint density at radius 2 is 2.14 bits per heavy atom. The van der Waals surface area contributed by atoms with Gasteiger partial charge in [0.05, 0.1) is 17.3 Å². The van der Waals surface area contributed by atoms with Gasteiger partial charge in [0, 0.05) is 0 Å². The minimum atomic E-state index is -1.36. The van der Waals surface area contributed by atoms with Gasteiger partial charge in [-0.1, -0.05) is 11.6 Å². The molecule has 0 saturated heterocycles. The summed E-state index contributed by atoms with van der Waals surface area (Å²) in [7, 11) is 0. The molecule has 0 aliphatic heterocycles. The number of urea groups is 1. The van der Waals surface area contributed by atoms with Crippen LogP contribution in [0.5, 0.6) is 0 Å². The predicted molar refractivity (Wildman–Crippen MR) is 81.4 cm³/mol. The molecule has 7 heteroatoms. The van der Waals surface area contributed by atoms with Crippen molar-refractivity contribution in [3.05, 3.63) is 52.7 Å². The first-order chi connectivity index (χ1) is 10.3. The molecule has 118 valence electrons. The highest BCUT2D eigenvalue weighted by molar-refractivity contribution is 6.33. The van der Waals surface area contributed by atoms with E-state index < -0.39 is 17.4 Å². The van der Waals surface area contributed by atoms with Crippen molar-refractivity contribution in [3.8, 4) is 0 Å². The molecular weight excluding hydrogens is 311 g/mol. The van der Waals surface area contributed by atoms with E-state index in [0.717, 1.165) is 6.07 Å². The zero-order valence-electron chi connectivity index (χ0n) is 12.1. The molecule has 0 aliphatic carbocycles. The normalized spacial score (nSPS) is 13.5. The first kappa shape index (κ1) is 16.3. The lowest BCUT2D eigenvalue weighted by Gasteiger charge is -2.21. The highest BCUT2D eigenvalue weighted by Gasteiger charge is 2.27. The maximum absolute atomic E-state index is 13.1. The van der Waals surface area contributed by atoms with Crippen molar-refractivity contribution >= 4 is 23.3 Å². The van der Waals surface area contributed by atoms with Gasteiger partial charge in [-0.2, -0.15) is 0 Å².